The Kier molecular flexibility index (Phi) is 5.92. The smallest absolute Gasteiger partial charge is 0.239 e. The molecule has 1 fully saturated rings. The largest absolute Gasteiger partial charge is 0.340 e. The lowest BCUT2D eigenvalue weighted by molar-refractivity contribution is -0.136. The molecule has 1 aliphatic rings. The van der Waals surface area contributed by atoms with Gasteiger partial charge in [-0.25, -0.2) is 9.37 Å². The van der Waals surface area contributed by atoms with Crippen molar-refractivity contribution in [3.8, 4) is 0 Å². The molecule has 0 unspecified atom stereocenters. The number of carbonyl (C=O) groups is 1. The number of aromatic nitrogens is 1. The lowest BCUT2D eigenvalue weighted by Gasteiger charge is -2.36. The van der Waals surface area contributed by atoms with Crippen LogP contribution < -0.4 is 0 Å². The number of nitrogens with zero attached hydrogens (tertiary/aromatic N) is 3. The Labute approximate surface area is 175 Å². The molecule has 2 aromatic carbocycles. The first-order valence-corrected chi connectivity index (χ1v) is 10.9. The number of hydrogen-bond donors (Lipinski definition) is 0. The van der Waals surface area contributed by atoms with E-state index < -0.39 is 0 Å². The summed E-state index contributed by atoms with van der Waals surface area (Å²) < 4.78 is 14.7. The number of likely N-dealkylation sites (N-methyl/N-ethyl adjacent to an activating group) is 1. The van der Waals surface area contributed by atoms with Crippen molar-refractivity contribution in [3.05, 3.63) is 64.9 Å². The Morgan fingerprint density at radius 1 is 1.31 bits per heavy atom. The van der Waals surface area contributed by atoms with Crippen molar-refractivity contribution in [2.75, 3.05) is 20.1 Å². The van der Waals surface area contributed by atoms with E-state index in [-0.39, 0.29) is 17.8 Å². The van der Waals surface area contributed by atoms with Crippen LogP contribution in [0.4, 0.5) is 4.39 Å². The lowest BCUT2D eigenvalue weighted by Crippen LogP contribution is -2.48. The minimum absolute atomic E-state index is 0.0687. The van der Waals surface area contributed by atoms with Crippen molar-refractivity contribution in [2.45, 2.75) is 38.3 Å². The number of halogens is 1. The molecule has 2 heterocycles. The molecule has 6 heteroatoms. The second-order valence-corrected chi connectivity index (χ2v) is 8.92. The average molecular weight is 412 g/mol. The van der Waals surface area contributed by atoms with Crippen molar-refractivity contribution in [3.63, 3.8) is 0 Å². The zero-order chi connectivity index (χ0) is 20.4. The van der Waals surface area contributed by atoms with Crippen molar-refractivity contribution < 1.29 is 9.18 Å². The standard InChI is InChI=1S/C23H26FN3OS/c1-16(23(28)26(2)14-17-7-5-9-19(24)13-17)27-12-6-8-18(15-27)22-25-20-10-3-4-11-21(20)29-22/h3-5,7,9-11,13,16,18H,6,8,12,14-15H2,1-2H3/t16-,18-/m1/s1. The number of para-hydroxylation sites is 1. The van der Waals surface area contributed by atoms with Gasteiger partial charge in [-0.3, -0.25) is 9.69 Å². The maximum atomic E-state index is 13.4. The van der Waals surface area contributed by atoms with Gasteiger partial charge in [0.2, 0.25) is 5.91 Å². The third kappa shape index (κ3) is 4.49. The van der Waals surface area contributed by atoms with Crippen LogP contribution in [0.1, 0.15) is 36.3 Å². The quantitative estimate of drug-likeness (QED) is 0.613. The Morgan fingerprint density at radius 2 is 2.14 bits per heavy atom. The zero-order valence-electron chi connectivity index (χ0n) is 16.8. The number of benzene rings is 2. The Balaban J connectivity index is 1.42. The Morgan fingerprint density at radius 3 is 2.93 bits per heavy atom. The first kappa shape index (κ1) is 20.0. The van der Waals surface area contributed by atoms with Gasteiger partial charge in [0, 0.05) is 26.1 Å². The van der Waals surface area contributed by atoms with Crippen molar-refractivity contribution >= 4 is 27.5 Å². The predicted molar refractivity (Wildman–Crippen MR) is 116 cm³/mol. The lowest BCUT2D eigenvalue weighted by atomic mass is 9.97. The van der Waals surface area contributed by atoms with Gasteiger partial charge in [-0.2, -0.15) is 0 Å². The molecule has 1 aromatic heterocycles. The van der Waals surface area contributed by atoms with Crippen LogP contribution in [0.5, 0.6) is 0 Å². The van der Waals surface area contributed by atoms with E-state index in [1.165, 1.54) is 21.8 Å². The maximum Gasteiger partial charge on any atom is 0.239 e. The summed E-state index contributed by atoms with van der Waals surface area (Å²) in [6.45, 7) is 4.16. The van der Waals surface area contributed by atoms with Gasteiger partial charge in [0.15, 0.2) is 0 Å². The number of carbonyl (C=O) groups excluding carboxylic acids is 1. The normalized spacial score (nSPS) is 18.7. The fraction of sp³-hybridized carbons (Fsp3) is 0.391. The molecule has 152 valence electrons. The molecule has 4 nitrogen and oxygen atoms in total. The Bertz CT molecular complexity index is 971. The second-order valence-electron chi connectivity index (χ2n) is 7.85. The number of fused-ring (bicyclic) bond motifs is 1. The van der Waals surface area contributed by atoms with Crippen LogP contribution in [-0.4, -0.2) is 46.9 Å². The van der Waals surface area contributed by atoms with E-state index >= 15 is 0 Å². The van der Waals surface area contributed by atoms with Gasteiger partial charge in [-0.15, -0.1) is 11.3 Å². The van der Waals surface area contributed by atoms with Gasteiger partial charge in [-0.1, -0.05) is 24.3 Å². The number of rotatable bonds is 5. The summed E-state index contributed by atoms with van der Waals surface area (Å²) in [4.78, 5) is 21.8. The van der Waals surface area contributed by atoms with E-state index in [4.69, 9.17) is 4.98 Å². The highest BCUT2D eigenvalue weighted by Crippen LogP contribution is 2.33. The molecule has 0 saturated carbocycles. The van der Waals surface area contributed by atoms with Crippen molar-refractivity contribution in [1.82, 2.24) is 14.8 Å². The first-order chi connectivity index (χ1) is 14.0. The minimum Gasteiger partial charge on any atom is -0.340 e. The van der Waals surface area contributed by atoms with Gasteiger partial charge >= 0.3 is 0 Å². The fourth-order valence-electron chi connectivity index (χ4n) is 4.09. The molecule has 0 spiro atoms. The zero-order valence-corrected chi connectivity index (χ0v) is 17.7. The monoisotopic (exact) mass is 411 g/mol. The topological polar surface area (TPSA) is 36.4 Å². The summed E-state index contributed by atoms with van der Waals surface area (Å²) in [5.41, 5.74) is 1.86. The van der Waals surface area contributed by atoms with E-state index in [9.17, 15) is 9.18 Å². The number of thiazole rings is 1. The van der Waals surface area contributed by atoms with E-state index in [0.717, 1.165) is 37.0 Å². The van der Waals surface area contributed by atoms with Crippen LogP contribution in [0.2, 0.25) is 0 Å². The number of piperidine rings is 1. The second kappa shape index (κ2) is 8.59. The van der Waals surface area contributed by atoms with Gasteiger partial charge < -0.3 is 4.90 Å². The van der Waals surface area contributed by atoms with Crippen LogP contribution >= 0.6 is 11.3 Å². The van der Waals surface area contributed by atoms with E-state index in [1.54, 1.807) is 29.4 Å². The van der Waals surface area contributed by atoms with E-state index in [1.807, 2.05) is 25.1 Å². The van der Waals surface area contributed by atoms with Gasteiger partial charge in [0.1, 0.15) is 5.82 Å². The van der Waals surface area contributed by atoms with Crippen LogP contribution in [0.25, 0.3) is 10.2 Å². The first-order valence-electron chi connectivity index (χ1n) is 10.1. The third-order valence-corrected chi connectivity index (χ3v) is 6.90. The van der Waals surface area contributed by atoms with Gasteiger partial charge in [-0.05, 0) is 56.1 Å². The average Bonchev–Trinajstić information content (AvgIpc) is 3.17. The molecule has 1 amide bonds. The number of likely N-dealkylation sites (tertiary alicyclic amines) is 1. The van der Waals surface area contributed by atoms with Gasteiger partial charge in [0.25, 0.3) is 0 Å². The van der Waals surface area contributed by atoms with Crippen LogP contribution in [0, 0.1) is 5.82 Å². The summed E-state index contributed by atoms with van der Waals surface area (Å²) >= 11 is 1.77. The number of amides is 1. The summed E-state index contributed by atoms with van der Waals surface area (Å²) in [7, 11) is 1.79. The predicted octanol–water partition coefficient (Wildman–Crippen LogP) is 4.66. The van der Waals surface area contributed by atoms with Crippen molar-refractivity contribution in [1.29, 1.82) is 0 Å². The molecule has 1 saturated heterocycles. The van der Waals surface area contributed by atoms with Crippen LogP contribution in [0.15, 0.2) is 48.5 Å². The fourth-order valence-corrected chi connectivity index (χ4v) is 5.18. The molecular formula is C23H26FN3OS. The molecule has 29 heavy (non-hydrogen) atoms. The number of hydrogen-bond acceptors (Lipinski definition) is 4. The molecule has 0 aliphatic carbocycles. The summed E-state index contributed by atoms with van der Waals surface area (Å²) in [5, 5.41) is 1.17. The minimum atomic E-state index is -0.272. The molecule has 3 aromatic rings. The molecular weight excluding hydrogens is 385 g/mol. The molecule has 1 aliphatic heterocycles. The maximum absolute atomic E-state index is 13.4. The SMILES string of the molecule is C[C@H](C(=O)N(C)Cc1cccc(F)c1)N1CCC[C@@H](c2nc3ccccc3s2)C1. The summed E-state index contributed by atoms with van der Waals surface area (Å²) in [6, 6.07) is 14.5. The summed E-state index contributed by atoms with van der Waals surface area (Å²) in [6.07, 6.45) is 2.17. The highest BCUT2D eigenvalue weighted by Gasteiger charge is 2.31. The Hall–Kier alpha value is -2.31. The molecule has 2 atom stereocenters. The van der Waals surface area contributed by atoms with E-state index in [0.29, 0.717) is 12.5 Å². The molecule has 0 bridgehead atoms. The third-order valence-electron chi connectivity index (χ3n) is 5.70. The van der Waals surface area contributed by atoms with Gasteiger partial charge in [0.05, 0.1) is 21.3 Å². The molecule has 4 rings (SSSR count). The molecule has 0 N–H and O–H groups in total. The molecule has 0 radical (unpaired) electrons. The highest BCUT2D eigenvalue weighted by molar-refractivity contribution is 7.18. The van der Waals surface area contributed by atoms with Crippen molar-refractivity contribution in [2.24, 2.45) is 0 Å². The van der Waals surface area contributed by atoms with E-state index in [2.05, 4.69) is 17.0 Å². The van der Waals surface area contributed by atoms with Crippen LogP contribution in [-0.2, 0) is 11.3 Å². The highest BCUT2D eigenvalue weighted by atomic mass is 32.1. The van der Waals surface area contributed by atoms with Crippen LogP contribution in [0.3, 0.4) is 0 Å². The summed E-state index contributed by atoms with van der Waals surface area (Å²) in [5.74, 6) is 0.162.